The van der Waals surface area contributed by atoms with Gasteiger partial charge in [0, 0.05) is 19.0 Å². The zero-order chi connectivity index (χ0) is 13.8. The second-order valence-corrected chi connectivity index (χ2v) is 6.08. The number of hydrogen-bond donors (Lipinski definition) is 1. The summed E-state index contributed by atoms with van der Waals surface area (Å²) in [6, 6.07) is 0. The topological polar surface area (TPSA) is 57.6 Å². The van der Waals surface area contributed by atoms with Crippen LogP contribution in [-0.4, -0.2) is 35.0 Å². The molecule has 2 fully saturated rings. The Balaban J connectivity index is 1.88. The molecule has 4 heteroatoms. The molecule has 2 rings (SSSR count). The third-order valence-corrected chi connectivity index (χ3v) is 4.87. The zero-order valence-corrected chi connectivity index (χ0v) is 11.8. The Labute approximate surface area is 115 Å². The van der Waals surface area contributed by atoms with Gasteiger partial charge in [0.2, 0.25) is 5.91 Å². The van der Waals surface area contributed by atoms with Crippen molar-refractivity contribution in [2.75, 3.05) is 13.1 Å². The Morgan fingerprint density at radius 1 is 1.11 bits per heavy atom. The molecule has 1 saturated heterocycles. The molecule has 19 heavy (non-hydrogen) atoms. The predicted octanol–water partition coefficient (Wildman–Crippen LogP) is 2.53. The summed E-state index contributed by atoms with van der Waals surface area (Å²) in [5.41, 5.74) is 0. The maximum Gasteiger partial charge on any atom is 0.306 e. The summed E-state index contributed by atoms with van der Waals surface area (Å²) < 4.78 is 0. The highest BCUT2D eigenvalue weighted by Gasteiger charge is 2.36. The zero-order valence-electron chi connectivity index (χ0n) is 11.8. The molecule has 0 aromatic carbocycles. The molecule has 0 aromatic rings. The maximum absolute atomic E-state index is 12.4. The first-order chi connectivity index (χ1) is 9.11. The third-order valence-electron chi connectivity index (χ3n) is 4.87. The van der Waals surface area contributed by atoms with E-state index in [0.717, 1.165) is 38.3 Å². The van der Waals surface area contributed by atoms with Crippen molar-refractivity contribution in [2.45, 2.75) is 51.9 Å². The lowest BCUT2D eigenvalue weighted by atomic mass is 9.98. The molecule has 1 aliphatic heterocycles. The molecule has 2 aliphatic rings. The van der Waals surface area contributed by atoms with Crippen molar-refractivity contribution in [3.63, 3.8) is 0 Å². The lowest BCUT2D eigenvalue weighted by Crippen LogP contribution is -2.36. The normalized spacial score (nSPS) is 32.1. The SMILES string of the molecule is CCC1CCCN(C(=O)C2CCC(C(=O)O)C2)CC1. The van der Waals surface area contributed by atoms with Gasteiger partial charge < -0.3 is 10.0 Å². The Morgan fingerprint density at radius 2 is 1.84 bits per heavy atom. The molecular formula is C15H25NO3. The predicted molar refractivity (Wildman–Crippen MR) is 72.7 cm³/mol. The fourth-order valence-electron chi connectivity index (χ4n) is 3.48. The van der Waals surface area contributed by atoms with Crippen molar-refractivity contribution >= 4 is 11.9 Å². The van der Waals surface area contributed by atoms with E-state index in [2.05, 4.69) is 6.92 Å². The van der Waals surface area contributed by atoms with Crippen molar-refractivity contribution < 1.29 is 14.7 Å². The van der Waals surface area contributed by atoms with Crippen LogP contribution in [0.15, 0.2) is 0 Å². The molecule has 1 heterocycles. The number of carboxylic acid groups (broad SMARTS) is 1. The average molecular weight is 267 g/mol. The third kappa shape index (κ3) is 3.48. The van der Waals surface area contributed by atoms with Crippen LogP contribution < -0.4 is 0 Å². The molecule has 1 amide bonds. The van der Waals surface area contributed by atoms with E-state index in [4.69, 9.17) is 5.11 Å². The molecule has 0 bridgehead atoms. The van der Waals surface area contributed by atoms with Crippen LogP contribution in [0.4, 0.5) is 0 Å². The molecule has 3 atom stereocenters. The van der Waals surface area contributed by atoms with Gasteiger partial charge >= 0.3 is 5.97 Å². The molecule has 108 valence electrons. The van der Waals surface area contributed by atoms with Crippen LogP contribution in [0.1, 0.15) is 51.9 Å². The van der Waals surface area contributed by atoms with E-state index in [1.54, 1.807) is 0 Å². The summed E-state index contributed by atoms with van der Waals surface area (Å²) in [4.78, 5) is 25.4. The highest BCUT2D eigenvalue weighted by molar-refractivity contribution is 5.81. The first kappa shape index (κ1) is 14.4. The highest BCUT2D eigenvalue weighted by Crippen LogP contribution is 2.33. The minimum absolute atomic E-state index is 0.0423. The van der Waals surface area contributed by atoms with E-state index in [0.29, 0.717) is 12.8 Å². The van der Waals surface area contributed by atoms with Crippen molar-refractivity contribution in [3.05, 3.63) is 0 Å². The summed E-state index contributed by atoms with van der Waals surface area (Å²) in [6.45, 7) is 3.95. The summed E-state index contributed by atoms with van der Waals surface area (Å²) in [5, 5.41) is 9.01. The van der Waals surface area contributed by atoms with E-state index in [-0.39, 0.29) is 17.7 Å². The van der Waals surface area contributed by atoms with Crippen molar-refractivity contribution in [3.8, 4) is 0 Å². The van der Waals surface area contributed by atoms with Gasteiger partial charge in [0.15, 0.2) is 0 Å². The summed E-state index contributed by atoms with van der Waals surface area (Å²) in [5.74, 6) is -0.116. The number of carboxylic acids is 1. The van der Waals surface area contributed by atoms with Crippen LogP contribution in [0.5, 0.6) is 0 Å². The lowest BCUT2D eigenvalue weighted by molar-refractivity contribution is -0.141. The largest absolute Gasteiger partial charge is 0.481 e. The second kappa shape index (κ2) is 6.40. The molecule has 0 radical (unpaired) electrons. The highest BCUT2D eigenvalue weighted by atomic mass is 16.4. The first-order valence-corrected chi connectivity index (χ1v) is 7.63. The standard InChI is InChI=1S/C15H25NO3/c1-2-11-4-3-8-16(9-7-11)14(17)12-5-6-13(10-12)15(18)19/h11-13H,2-10H2,1H3,(H,18,19). The number of hydrogen-bond acceptors (Lipinski definition) is 2. The van der Waals surface area contributed by atoms with Gasteiger partial charge in [-0.2, -0.15) is 0 Å². The van der Waals surface area contributed by atoms with Crippen LogP contribution >= 0.6 is 0 Å². The van der Waals surface area contributed by atoms with E-state index >= 15 is 0 Å². The van der Waals surface area contributed by atoms with Gasteiger partial charge in [0.1, 0.15) is 0 Å². The summed E-state index contributed by atoms with van der Waals surface area (Å²) in [7, 11) is 0. The van der Waals surface area contributed by atoms with Crippen LogP contribution in [-0.2, 0) is 9.59 Å². The minimum Gasteiger partial charge on any atom is -0.481 e. The Hall–Kier alpha value is -1.06. The lowest BCUT2D eigenvalue weighted by Gasteiger charge is -2.24. The number of aliphatic carboxylic acids is 1. The summed E-state index contributed by atoms with van der Waals surface area (Å²) in [6.07, 6.45) is 6.59. The van der Waals surface area contributed by atoms with E-state index in [1.807, 2.05) is 4.90 Å². The number of nitrogens with zero attached hydrogens (tertiary/aromatic N) is 1. The fourth-order valence-corrected chi connectivity index (χ4v) is 3.48. The molecule has 3 unspecified atom stereocenters. The number of rotatable bonds is 3. The molecule has 1 aliphatic carbocycles. The Kier molecular flexibility index (Phi) is 4.83. The van der Waals surface area contributed by atoms with Gasteiger partial charge in [-0.05, 0) is 44.4 Å². The van der Waals surface area contributed by atoms with E-state index in [1.165, 1.54) is 12.8 Å². The Bertz CT molecular complexity index is 342. The number of likely N-dealkylation sites (tertiary alicyclic amines) is 1. The molecule has 4 nitrogen and oxygen atoms in total. The van der Waals surface area contributed by atoms with Gasteiger partial charge in [0.25, 0.3) is 0 Å². The molecular weight excluding hydrogens is 242 g/mol. The van der Waals surface area contributed by atoms with Gasteiger partial charge in [-0.15, -0.1) is 0 Å². The number of carbonyl (C=O) groups is 2. The van der Waals surface area contributed by atoms with E-state index < -0.39 is 5.97 Å². The minimum atomic E-state index is -0.739. The van der Waals surface area contributed by atoms with Crippen LogP contribution in [0.25, 0.3) is 0 Å². The maximum atomic E-state index is 12.4. The molecule has 1 N–H and O–H groups in total. The number of carbonyl (C=O) groups excluding carboxylic acids is 1. The van der Waals surface area contributed by atoms with Crippen molar-refractivity contribution in [1.29, 1.82) is 0 Å². The second-order valence-electron chi connectivity index (χ2n) is 6.08. The monoisotopic (exact) mass is 267 g/mol. The molecule has 0 spiro atoms. The first-order valence-electron chi connectivity index (χ1n) is 7.63. The smallest absolute Gasteiger partial charge is 0.306 e. The van der Waals surface area contributed by atoms with Crippen molar-refractivity contribution in [2.24, 2.45) is 17.8 Å². The Morgan fingerprint density at radius 3 is 2.47 bits per heavy atom. The van der Waals surface area contributed by atoms with Gasteiger partial charge in [-0.3, -0.25) is 9.59 Å². The quantitative estimate of drug-likeness (QED) is 0.855. The van der Waals surface area contributed by atoms with Crippen LogP contribution in [0, 0.1) is 17.8 Å². The fraction of sp³-hybridized carbons (Fsp3) is 0.867. The molecule has 1 saturated carbocycles. The van der Waals surface area contributed by atoms with Crippen LogP contribution in [0.2, 0.25) is 0 Å². The van der Waals surface area contributed by atoms with Gasteiger partial charge in [-0.25, -0.2) is 0 Å². The van der Waals surface area contributed by atoms with Gasteiger partial charge in [-0.1, -0.05) is 13.3 Å². The number of amides is 1. The van der Waals surface area contributed by atoms with Gasteiger partial charge in [0.05, 0.1) is 5.92 Å². The van der Waals surface area contributed by atoms with E-state index in [9.17, 15) is 9.59 Å². The molecule has 0 aromatic heterocycles. The summed E-state index contributed by atoms with van der Waals surface area (Å²) >= 11 is 0. The average Bonchev–Trinajstić information content (AvgIpc) is 2.77. The van der Waals surface area contributed by atoms with Crippen LogP contribution in [0.3, 0.4) is 0 Å². The van der Waals surface area contributed by atoms with Crippen molar-refractivity contribution in [1.82, 2.24) is 4.90 Å².